The van der Waals surface area contributed by atoms with Crippen molar-refractivity contribution in [1.29, 1.82) is 0 Å². The Morgan fingerprint density at radius 3 is 2.24 bits per heavy atom. The Hall–Kier alpha value is -3.32. The molecule has 1 heterocycles. The van der Waals surface area contributed by atoms with Gasteiger partial charge in [0.2, 0.25) is 5.91 Å². The molecule has 0 bridgehead atoms. The fourth-order valence-electron chi connectivity index (χ4n) is 2.85. The Labute approximate surface area is 173 Å². The highest BCUT2D eigenvalue weighted by atomic mass is 32.2. The average molecular weight is 407 g/mol. The molecule has 1 aromatic heterocycles. The molecule has 0 fully saturated rings. The van der Waals surface area contributed by atoms with Crippen LogP contribution in [0.3, 0.4) is 0 Å². The van der Waals surface area contributed by atoms with Gasteiger partial charge in [-0.25, -0.2) is 0 Å². The van der Waals surface area contributed by atoms with E-state index in [2.05, 4.69) is 11.6 Å². The molecule has 3 rings (SSSR count). The summed E-state index contributed by atoms with van der Waals surface area (Å²) in [6.07, 6.45) is 1.67. The van der Waals surface area contributed by atoms with E-state index in [0.717, 1.165) is 11.4 Å². The number of nitrogens with two attached hydrogens (primary N) is 1. The molecule has 2 N–H and O–H groups in total. The van der Waals surface area contributed by atoms with E-state index in [4.69, 9.17) is 5.73 Å². The van der Waals surface area contributed by atoms with Gasteiger partial charge in [0.25, 0.3) is 5.56 Å². The van der Waals surface area contributed by atoms with Crippen molar-refractivity contribution in [1.82, 2.24) is 9.55 Å². The number of carbonyl (C=O) groups is 1. The molecule has 0 aliphatic carbocycles. The summed E-state index contributed by atoms with van der Waals surface area (Å²) in [6, 6.07) is 20.2. The first kappa shape index (κ1) is 20.4. The summed E-state index contributed by atoms with van der Waals surface area (Å²) in [7, 11) is 0. The number of amides is 1. The maximum atomic E-state index is 13.4. The van der Waals surface area contributed by atoms with Gasteiger partial charge in [-0.05, 0) is 31.2 Å². The van der Waals surface area contributed by atoms with Crippen LogP contribution >= 0.6 is 11.8 Å². The first-order valence-corrected chi connectivity index (χ1v) is 9.98. The van der Waals surface area contributed by atoms with Crippen molar-refractivity contribution in [2.75, 3.05) is 10.6 Å². The zero-order valence-corrected chi connectivity index (χ0v) is 16.9. The summed E-state index contributed by atoms with van der Waals surface area (Å²) >= 11 is 1.20. The number of allylic oxidation sites excluding steroid dienone is 1. The van der Waals surface area contributed by atoms with Gasteiger partial charge in [-0.15, -0.1) is 6.58 Å². The third-order valence-electron chi connectivity index (χ3n) is 4.21. The van der Waals surface area contributed by atoms with Crippen LogP contribution in [-0.2, 0) is 11.3 Å². The van der Waals surface area contributed by atoms with Crippen molar-refractivity contribution < 1.29 is 4.79 Å². The van der Waals surface area contributed by atoms with Gasteiger partial charge >= 0.3 is 0 Å². The molecule has 0 aliphatic heterocycles. The number of anilines is 3. The van der Waals surface area contributed by atoms with E-state index < -0.39 is 10.8 Å². The number of aromatic nitrogens is 2. The summed E-state index contributed by atoms with van der Waals surface area (Å²) in [5.74, 6) is 0.157. The summed E-state index contributed by atoms with van der Waals surface area (Å²) < 4.78 is 1.66. The van der Waals surface area contributed by atoms with Crippen LogP contribution in [0, 0.1) is 0 Å². The zero-order chi connectivity index (χ0) is 20.8. The van der Waals surface area contributed by atoms with Crippen molar-refractivity contribution in [3.63, 3.8) is 0 Å². The molecule has 0 unspecified atom stereocenters. The van der Waals surface area contributed by atoms with Crippen LogP contribution in [0.25, 0.3) is 0 Å². The molecule has 7 heteroatoms. The number of hydrogen-bond acceptors (Lipinski definition) is 5. The lowest BCUT2D eigenvalue weighted by atomic mass is 10.2. The minimum atomic E-state index is -0.514. The van der Waals surface area contributed by atoms with Crippen LogP contribution in [-0.4, -0.2) is 20.7 Å². The molecule has 1 atom stereocenters. The van der Waals surface area contributed by atoms with E-state index >= 15 is 0 Å². The normalized spacial score (nSPS) is 11.6. The summed E-state index contributed by atoms with van der Waals surface area (Å²) in [5, 5.41) is -0.128. The number of nitrogen functional groups attached to an aromatic ring is 1. The maximum Gasteiger partial charge on any atom is 0.275 e. The second kappa shape index (κ2) is 9.25. The highest BCUT2D eigenvalue weighted by Crippen LogP contribution is 2.30. The fourth-order valence-corrected chi connectivity index (χ4v) is 3.82. The number of benzene rings is 2. The molecule has 0 radical (unpaired) electrons. The third kappa shape index (κ3) is 4.75. The van der Waals surface area contributed by atoms with Gasteiger partial charge < -0.3 is 10.3 Å². The molecule has 0 spiro atoms. The number of carbonyl (C=O) groups excluding carboxylic acids is 1. The number of para-hydroxylation sites is 2. The van der Waals surface area contributed by atoms with Crippen LogP contribution in [0.4, 0.5) is 17.2 Å². The van der Waals surface area contributed by atoms with E-state index in [1.165, 1.54) is 17.8 Å². The highest BCUT2D eigenvalue weighted by molar-refractivity contribution is 8.00. The standard InChI is InChI=1S/C22H22N4O2S/c1-3-14-25-19(23)15-20(27)24-22(25)29-16(2)21(28)26(17-10-6-4-7-11-17)18-12-8-5-9-13-18/h3-13,15-16H,1,14,23H2,2H3/t16-/m1/s1. The van der Waals surface area contributed by atoms with Gasteiger partial charge in [-0.2, -0.15) is 4.98 Å². The molecule has 6 nitrogen and oxygen atoms in total. The van der Waals surface area contributed by atoms with Gasteiger partial charge in [-0.3, -0.25) is 14.5 Å². The van der Waals surface area contributed by atoms with Crippen molar-refractivity contribution >= 4 is 34.9 Å². The summed E-state index contributed by atoms with van der Waals surface area (Å²) in [6.45, 7) is 5.90. The fraction of sp³-hybridized carbons (Fsp3) is 0.136. The number of thioether (sulfide) groups is 1. The Kier molecular flexibility index (Phi) is 6.51. The molecule has 3 aromatic rings. The van der Waals surface area contributed by atoms with Crippen LogP contribution in [0.2, 0.25) is 0 Å². The summed E-state index contributed by atoms with van der Waals surface area (Å²) in [5.41, 5.74) is 7.06. The Bertz CT molecular complexity index is 1010. The van der Waals surface area contributed by atoms with Crippen LogP contribution in [0.5, 0.6) is 0 Å². The van der Waals surface area contributed by atoms with Gasteiger partial charge in [-0.1, -0.05) is 54.2 Å². The Morgan fingerprint density at radius 2 is 1.72 bits per heavy atom. The zero-order valence-electron chi connectivity index (χ0n) is 16.1. The second-order valence-corrected chi connectivity index (χ2v) is 7.61. The number of hydrogen-bond donors (Lipinski definition) is 1. The number of nitrogens with zero attached hydrogens (tertiary/aromatic N) is 3. The van der Waals surface area contributed by atoms with Crippen LogP contribution in [0.15, 0.2) is 89.3 Å². The molecule has 29 heavy (non-hydrogen) atoms. The smallest absolute Gasteiger partial charge is 0.275 e. The van der Waals surface area contributed by atoms with Gasteiger partial charge in [0, 0.05) is 24.0 Å². The van der Waals surface area contributed by atoms with Crippen molar-refractivity contribution in [3.05, 3.63) is 89.7 Å². The lowest BCUT2D eigenvalue weighted by Crippen LogP contribution is -2.33. The minimum Gasteiger partial charge on any atom is -0.385 e. The molecule has 2 aromatic carbocycles. The minimum absolute atomic E-state index is 0.130. The first-order valence-electron chi connectivity index (χ1n) is 9.10. The maximum absolute atomic E-state index is 13.4. The lowest BCUT2D eigenvalue weighted by Gasteiger charge is -2.26. The van der Waals surface area contributed by atoms with E-state index in [9.17, 15) is 9.59 Å². The van der Waals surface area contributed by atoms with Crippen molar-refractivity contribution in [2.45, 2.75) is 23.9 Å². The average Bonchev–Trinajstić information content (AvgIpc) is 2.72. The Balaban J connectivity index is 1.95. The molecular formula is C22H22N4O2S. The van der Waals surface area contributed by atoms with Crippen molar-refractivity contribution in [3.8, 4) is 0 Å². The largest absolute Gasteiger partial charge is 0.385 e. The molecule has 0 saturated carbocycles. The van der Waals surface area contributed by atoms with E-state index in [1.807, 2.05) is 60.7 Å². The van der Waals surface area contributed by atoms with Gasteiger partial charge in [0.15, 0.2) is 5.16 Å². The Morgan fingerprint density at radius 1 is 1.17 bits per heavy atom. The topological polar surface area (TPSA) is 81.2 Å². The van der Waals surface area contributed by atoms with Crippen LogP contribution in [0.1, 0.15) is 6.92 Å². The van der Waals surface area contributed by atoms with Gasteiger partial charge in [0.1, 0.15) is 5.82 Å². The van der Waals surface area contributed by atoms with E-state index in [1.54, 1.807) is 22.5 Å². The van der Waals surface area contributed by atoms with Crippen molar-refractivity contribution in [2.24, 2.45) is 0 Å². The quantitative estimate of drug-likeness (QED) is 0.366. The third-order valence-corrected chi connectivity index (χ3v) is 5.29. The monoisotopic (exact) mass is 406 g/mol. The predicted octanol–water partition coefficient (Wildman–Crippen LogP) is 3.86. The molecule has 0 saturated heterocycles. The van der Waals surface area contributed by atoms with E-state index in [0.29, 0.717) is 11.7 Å². The molecule has 148 valence electrons. The SMILES string of the molecule is C=CCn1c(N)cc(=O)nc1S[C@H](C)C(=O)N(c1ccccc1)c1ccccc1. The van der Waals surface area contributed by atoms with Gasteiger partial charge in [0.05, 0.1) is 5.25 Å². The highest BCUT2D eigenvalue weighted by Gasteiger charge is 2.26. The molecule has 0 aliphatic rings. The first-order chi connectivity index (χ1) is 14.0. The number of rotatable bonds is 7. The molecular weight excluding hydrogens is 384 g/mol. The predicted molar refractivity (Wildman–Crippen MR) is 118 cm³/mol. The van der Waals surface area contributed by atoms with Crippen LogP contribution < -0.4 is 16.2 Å². The second-order valence-electron chi connectivity index (χ2n) is 6.31. The molecule has 1 amide bonds. The van der Waals surface area contributed by atoms with E-state index in [-0.39, 0.29) is 11.7 Å². The summed E-state index contributed by atoms with van der Waals surface area (Å²) in [4.78, 5) is 31.0. The lowest BCUT2D eigenvalue weighted by molar-refractivity contribution is -0.117.